The lowest BCUT2D eigenvalue weighted by molar-refractivity contribution is -0.141. The summed E-state index contributed by atoms with van der Waals surface area (Å²) >= 11 is 3.65. The summed E-state index contributed by atoms with van der Waals surface area (Å²) in [6, 6.07) is 8.24. The Bertz CT molecular complexity index is 586. The number of aromatic nitrogens is 1. The molecule has 0 radical (unpaired) electrons. The van der Waals surface area contributed by atoms with Gasteiger partial charge in [-0.15, -0.1) is 11.3 Å². The highest BCUT2D eigenvalue weighted by Gasteiger charge is 2.44. The second kappa shape index (κ2) is 5.74. The van der Waals surface area contributed by atoms with Crippen LogP contribution >= 0.6 is 23.1 Å². The summed E-state index contributed by atoms with van der Waals surface area (Å²) in [4.78, 5) is 16.0. The molecule has 2 aromatic rings. The molecule has 106 valence electrons. The number of carbonyl (C=O) groups is 1. The first kappa shape index (κ1) is 13.9. The fourth-order valence-electron chi connectivity index (χ4n) is 2.26. The monoisotopic (exact) mass is 307 g/mol. The number of ether oxygens (including phenoxy) is 1. The van der Waals surface area contributed by atoms with Crippen molar-refractivity contribution in [2.45, 2.75) is 25.0 Å². The third-order valence-corrected chi connectivity index (χ3v) is 6.19. The minimum atomic E-state index is -0.0805. The molecule has 20 heavy (non-hydrogen) atoms. The Morgan fingerprint density at radius 3 is 2.95 bits per heavy atom. The summed E-state index contributed by atoms with van der Waals surface area (Å²) in [7, 11) is 1.46. The predicted octanol–water partition coefficient (Wildman–Crippen LogP) is 3.87. The first-order valence-corrected chi connectivity index (χ1v) is 8.67. The molecule has 0 saturated heterocycles. The Morgan fingerprint density at radius 2 is 2.25 bits per heavy atom. The Hall–Kier alpha value is -1.07. The van der Waals surface area contributed by atoms with E-state index in [2.05, 4.69) is 17.1 Å². The molecule has 1 heterocycles. The van der Waals surface area contributed by atoms with E-state index >= 15 is 0 Å². The van der Waals surface area contributed by atoms with Gasteiger partial charge in [-0.2, -0.15) is 11.8 Å². The first-order valence-electron chi connectivity index (χ1n) is 6.70. The number of esters is 1. The standard InChI is InChI=1S/C15H17NO2S2/c1-18-14(17)8-15(6-7-15)10-19-9-13-16-11-4-2-3-5-12(11)20-13/h2-5H,6-10H2,1H3. The van der Waals surface area contributed by atoms with Gasteiger partial charge in [0.05, 0.1) is 23.7 Å². The van der Waals surface area contributed by atoms with Crippen LogP contribution in [-0.4, -0.2) is 23.8 Å². The van der Waals surface area contributed by atoms with Gasteiger partial charge >= 0.3 is 5.97 Å². The van der Waals surface area contributed by atoms with Crippen molar-refractivity contribution in [3.63, 3.8) is 0 Å². The Labute approximate surface area is 126 Å². The number of para-hydroxylation sites is 1. The van der Waals surface area contributed by atoms with Gasteiger partial charge in [0, 0.05) is 5.75 Å². The Kier molecular flexibility index (Phi) is 3.98. The summed E-state index contributed by atoms with van der Waals surface area (Å²) in [5, 5.41) is 1.17. The Balaban J connectivity index is 1.53. The molecule has 0 unspecified atom stereocenters. The number of thiazole rings is 1. The lowest BCUT2D eigenvalue weighted by atomic mass is 10.1. The normalized spacial score (nSPS) is 16.2. The highest BCUT2D eigenvalue weighted by molar-refractivity contribution is 7.98. The molecule has 1 aromatic heterocycles. The fraction of sp³-hybridized carbons (Fsp3) is 0.467. The van der Waals surface area contributed by atoms with Gasteiger partial charge in [-0.3, -0.25) is 4.79 Å². The van der Waals surface area contributed by atoms with Gasteiger partial charge in [0.2, 0.25) is 0 Å². The molecule has 1 fully saturated rings. The van der Waals surface area contributed by atoms with Crippen molar-refractivity contribution in [1.82, 2.24) is 4.98 Å². The minimum Gasteiger partial charge on any atom is -0.469 e. The van der Waals surface area contributed by atoms with Crippen molar-refractivity contribution in [3.8, 4) is 0 Å². The molecule has 1 aliphatic carbocycles. The third-order valence-electron chi connectivity index (χ3n) is 3.68. The van der Waals surface area contributed by atoms with Crippen LogP contribution in [-0.2, 0) is 15.3 Å². The molecular formula is C15H17NO2S2. The number of thioether (sulfide) groups is 1. The summed E-state index contributed by atoms with van der Waals surface area (Å²) in [5.41, 5.74) is 1.29. The molecule has 0 N–H and O–H groups in total. The van der Waals surface area contributed by atoms with Crippen molar-refractivity contribution in [3.05, 3.63) is 29.3 Å². The average Bonchev–Trinajstić information content (AvgIpc) is 3.07. The van der Waals surface area contributed by atoms with Crippen molar-refractivity contribution in [2.24, 2.45) is 5.41 Å². The molecule has 5 heteroatoms. The van der Waals surface area contributed by atoms with Gasteiger partial charge in [-0.1, -0.05) is 12.1 Å². The number of hydrogen-bond donors (Lipinski definition) is 0. The zero-order valence-corrected chi connectivity index (χ0v) is 13.1. The number of carbonyl (C=O) groups excluding carboxylic acids is 1. The number of methoxy groups -OCH3 is 1. The fourth-order valence-corrected chi connectivity index (χ4v) is 4.68. The molecular weight excluding hydrogens is 290 g/mol. The van der Waals surface area contributed by atoms with Crippen LogP contribution in [0.15, 0.2) is 24.3 Å². The zero-order chi connectivity index (χ0) is 14.0. The number of hydrogen-bond acceptors (Lipinski definition) is 5. The van der Waals surface area contributed by atoms with E-state index in [4.69, 9.17) is 4.74 Å². The summed E-state index contributed by atoms with van der Waals surface area (Å²) in [6.07, 6.45) is 2.86. The SMILES string of the molecule is COC(=O)CC1(CSCc2nc3ccccc3s2)CC1. The molecule has 3 rings (SSSR count). The second-order valence-electron chi connectivity index (χ2n) is 5.32. The third kappa shape index (κ3) is 3.15. The maximum atomic E-state index is 11.4. The van der Waals surface area contributed by atoms with Gasteiger partial charge in [0.1, 0.15) is 5.01 Å². The van der Waals surface area contributed by atoms with Gasteiger partial charge in [0.15, 0.2) is 0 Å². The molecule has 0 atom stereocenters. The largest absolute Gasteiger partial charge is 0.469 e. The van der Waals surface area contributed by atoms with Crippen molar-refractivity contribution in [1.29, 1.82) is 0 Å². The van der Waals surface area contributed by atoms with Gasteiger partial charge in [-0.05, 0) is 36.1 Å². The van der Waals surface area contributed by atoms with Crippen LogP contribution in [0.2, 0.25) is 0 Å². The van der Waals surface area contributed by atoms with E-state index in [1.54, 1.807) is 11.3 Å². The summed E-state index contributed by atoms with van der Waals surface area (Å²) in [6.45, 7) is 0. The molecule has 1 aromatic carbocycles. The van der Waals surface area contributed by atoms with Gasteiger partial charge in [0.25, 0.3) is 0 Å². The maximum absolute atomic E-state index is 11.4. The molecule has 1 aliphatic rings. The molecule has 3 nitrogen and oxygen atoms in total. The molecule has 0 spiro atoms. The van der Waals surface area contributed by atoms with E-state index in [1.165, 1.54) is 16.8 Å². The van der Waals surface area contributed by atoms with Crippen LogP contribution in [0, 0.1) is 5.41 Å². The van der Waals surface area contributed by atoms with E-state index in [9.17, 15) is 4.79 Å². The van der Waals surface area contributed by atoms with Crippen LogP contribution in [0.5, 0.6) is 0 Å². The predicted molar refractivity (Wildman–Crippen MR) is 84.1 cm³/mol. The lowest BCUT2D eigenvalue weighted by Gasteiger charge is -2.12. The number of benzene rings is 1. The smallest absolute Gasteiger partial charge is 0.306 e. The quantitative estimate of drug-likeness (QED) is 0.759. The van der Waals surface area contributed by atoms with Crippen LogP contribution in [0.4, 0.5) is 0 Å². The maximum Gasteiger partial charge on any atom is 0.306 e. The number of fused-ring (bicyclic) bond motifs is 1. The number of rotatable bonds is 6. The van der Waals surface area contributed by atoms with Crippen molar-refractivity contribution >= 4 is 39.3 Å². The van der Waals surface area contributed by atoms with Crippen LogP contribution in [0.25, 0.3) is 10.2 Å². The molecule has 0 aliphatic heterocycles. The second-order valence-corrected chi connectivity index (χ2v) is 7.42. The number of nitrogens with zero attached hydrogens (tertiary/aromatic N) is 1. The lowest BCUT2D eigenvalue weighted by Crippen LogP contribution is -2.13. The minimum absolute atomic E-state index is 0.0805. The van der Waals surface area contributed by atoms with Crippen molar-refractivity contribution < 1.29 is 9.53 Å². The van der Waals surface area contributed by atoms with E-state index in [-0.39, 0.29) is 11.4 Å². The highest BCUT2D eigenvalue weighted by Crippen LogP contribution is 2.51. The Morgan fingerprint density at radius 1 is 1.45 bits per heavy atom. The first-order chi connectivity index (χ1) is 9.71. The van der Waals surface area contributed by atoms with E-state index in [1.807, 2.05) is 23.9 Å². The topological polar surface area (TPSA) is 39.2 Å². The average molecular weight is 307 g/mol. The van der Waals surface area contributed by atoms with Gasteiger partial charge < -0.3 is 4.74 Å². The zero-order valence-electron chi connectivity index (χ0n) is 11.4. The highest BCUT2D eigenvalue weighted by atomic mass is 32.2. The van der Waals surface area contributed by atoms with Crippen LogP contribution in [0.1, 0.15) is 24.3 Å². The molecule has 0 amide bonds. The summed E-state index contributed by atoms with van der Waals surface area (Å²) in [5.74, 6) is 1.88. The summed E-state index contributed by atoms with van der Waals surface area (Å²) < 4.78 is 6.02. The molecule has 0 bridgehead atoms. The van der Waals surface area contributed by atoms with E-state index < -0.39 is 0 Å². The van der Waals surface area contributed by atoms with Gasteiger partial charge in [-0.25, -0.2) is 4.98 Å². The van der Waals surface area contributed by atoms with Crippen LogP contribution < -0.4 is 0 Å². The van der Waals surface area contributed by atoms with Crippen molar-refractivity contribution in [2.75, 3.05) is 12.9 Å². The van der Waals surface area contributed by atoms with Crippen LogP contribution in [0.3, 0.4) is 0 Å². The van der Waals surface area contributed by atoms with E-state index in [0.717, 1.165) is 29.9 Å². The van der Waals surface area contributed by atoms with E-state index in [0.29, 0.717) is 6.42 Å². The molecule has 1 saturated carbocycles.